The van der Waals surface area contributed by atoms with Gasteiger partial charge in [0.25, 0.3) is 0 Å². The first-order chi connectivity index (χ1) is 8.46. The van der Waals surface area contributed by atoms with E-state index >= 15 is 0 Å². The Balaban J connectivity index is 2.32. The first kappa shape index (κ1) is 15.4. The Kier molecular flexibility index (Phi) is 6.04. The van der Waals surface area contributed by atoms with Crippen LogP contribution in [-0.2, 0) is 14.8 Å². The molecule has 0 saturated carbocycles. The molecular formula is C11H23N3O3S. The lowest BCUT2D eigenvalue weighted by molar-refractivity contribution is -0.126. The summed E-state index contributed by atoms with van der Waals surface area (Å²) in [5.74, 6) is -0.178. The minimum Gasteiger partial charge on any atom is -0.355 e. The van der Waals surface area contributed by atoms with Gasteiger partial charge in [-0.2, -0.15) is 0 Å². The van der Waals surface area contributed by atoms with E-state index in [1.807, 2.05) is 6.92 Å². The summed E-state index contributed by atoms with van der Waals surface area (Å²) in [6, 6.07) is 0.157. The van der Waals surface area contributed by atoms with Gasteiger partial charge in [0.15, 0.2) is 0 Å². The number of sulfonamides is 1. The molecule has 3 N–H and O–H groups in total. The lowest BCUT2D eigenvalue weighted by atomic mass is 9.91. The molecule has 1 fully saturated rings. The van der Waals surface area contributed by atoms with Crippen molar-refractivity contribution < 1.29 is 13.2 Å². The fourth-order valence-corrected chi connectivity index (χ4v) is 3.09. The number of piperidine rings is 1. The van der Waals surface area contributed by atoms with Crippen molar-refractivity contribution in [2.24, 2.45) is 5.92 Å². The maximum absolute atomic E-state index is 11.9. The summed E-state index contributed by atoms with van der Waals surface area (Å²) < 4.78 is 25.1. The van der Waals surface area contributed by atoms with Crippen molar-refractivity contribution in [3.63, 3.8) is 0 Å². The number of hydrogen-bond acceptors (Lipinski definition) is 4. The third-order valence-corrected chi connectivity index (χ3v) is 4.60. The molecule has 106 valence electrons. The monoisotopic (exact) mass is 277 g/mol. The molecule has 2 unspecified atom stereocenters. The average Bonchev–Trinajstić information content (AvgIpc) is 2.29. The van der Waals surface area contributed by atoms with Gasteiger partial charge in [0, 0.05) is 19.1 Å². The van der Waals surface area contributed by atoms with E-state index in [1.54, 1.807) is 6.92 Å². The number of rotatable bonds is 6. The molecule has 2 atom stereocenters. The molecule has 1 rings (SSSR count). The molecule has 0 aromatic rings. The second-order valence-corrected chi connectivity index (χ2v) is 6.53. The zero-order valence-corrected chi connectivity index (χ0v) is 11.8. The molecule has 1 aliphatic rings. The largest absolute Gasteiger partial charge is 0.355 e. The predicted octanol–water partition coefficient (Wildman–Crippen LogP) is -0.570. The van der Waals surface area contributed by atoms with Crippen LogP contribution in [0.5, 0.6) is 0 Å². The smallest absolute Gasteiger partial charge is 0.224 e. The second-order valence-electron chi connectivity index (χ2n) is 4.60. The van der Waals surface area contributed by atoms with E-state index in [0.29, 0.717) is 6.54 Å². The Hall–Kier alpha value is -0.660. The van der Waals surface area contributed by atoms with E-state index in [4.69, 9.17) is 0 Å². The van der Waals surface area contributed by atoms with Crippen LogP contribution < -0.4 is 15.4 Å². The summed E-state index contributed by atoms with van der Waals surface area (Å²) in [5.41, 5.74) is 0. The van der Waals surface area contributed by atoms with Crippen LogP contribution in [0.15, 0.2) is 0 Å². The summed E-state index contributed by atoms with van der Waals surface area (Å²) in [6.07, 6.45) is 1.85. The van der Waals surface area contributed by atoms with E-state index in [1.165, 1.54) is 0 Å². The maximum Gasteiger partial charge on any atom is 0.224 e. The quantitative estimate of drug-likeness (QED) is 0.607. The number of carbonyl (C=O) groups excluding carboxylic acids is 1. The zero-order chi connectivity index (χ0) is 13.6. The maximum atomic E-state index is 11.9. The van der Waals surface area contributed by atoms with Gasteiger partial charge in [0.2, 0.25) is 15.9 Å². The van der Waals surface area contributed by atoms with Crippen LogP contribution in [0.3, 0.4) is 0 Å². The van der Waals surface area contributed by atoms with Crippen molar-refractivity contribution in [3.8, 4) is 0 Å². The molecule has 1 saturated heterocycles. The topological polar surface area (TPSA) is 87.3 Å². The fraction of sp³-hybridized carbons (Fsp3) is 0.909. The normalized spacial score (nSPS) is 24.8. The first-order valence-electron chi connectivity index (χ1n) is 6.44. The summed E-state index contributed by atoms with van der Waals surface area (Å²) in [5, 5.41) is 5.95. The lowest BCUT2D eigenvalue weighted by Crippen LogP contribution is -2.47. The number of nitrogens with one attached hydrogen (secondary N) is 3. The molecule has 0 spiro atoms. The van der Waals surface area contributed by atoms with E-state index in [0.717, 1.165) is 19.4 Å². The molecule has 0 bridgehead atoms. The van der Waals surface area contributed by atoms with Crippen LogP contribution in [0, 0.1) is 5.92 Å². The first-order valence-corrected chi connectivity index (χ1v) is 8.10. The van der Waals surface area contributed by atoms with Gasteiger partial charge in [-0.15, -0.1) is 0 Å². The molecule has 0 aromatic carbocycles. The Labute approximate surface area is 109 Å². The summed E-state index contributed by atoms with van der Waals surface area (Å²) in [7, 11) is -3.25. The van der Waals surface area contributed by atoms with Crippen LogP contribution in [0.25, 0.3) is 0 Å². The molecule has 6 nitrogen and oxygen atoms in total. The summed E-state index contributed by atoms with van der Waals surface area (Å²) >= 11 is 0. The highest BCUT2D eigenvalue weighted by Gasteiger charge is 2.27. The number of carbonyl (C=O) groups is 1. The number of hydrogen-bond donors (Lipinski definition) is 3. The fourth-order valence-electron chi connectivity index (χ4n) is 2.13. The second kappa shape index (κ2) is 7.06. The van der Waals surface area contributed by atoms with Crippen molar-refractivity contribution in [3.05, 3.63) is 0 Å². The van der Waals surface area contributed by atoms with Gasteiger partial charge < -0.3 is 10.6 Å². The van der Waals surface area contributed by atoms with Crippen molar-refractivity contribution in [1.29, 1.82) is 0 Å². The minimum absolute atomic E-state index is 0.0543. The zero-order valence-electron chi connectivity index (χ0n) is 11.0. The van der Waals surface area contributed by atoms with Gasteiger partial charge in [-0.1, -0.05) is 6.92 Å². The summed E-state index contributed by atoms with van der Waals surface area (Å²) in [6.45, 7) is 5.20. The molecule has 1 aliphatic heterocycles. The van der Waals surface area contributed by atoms with E-state index < -0.39 is 10.0 Å². The van der Waals surface area contributed by atoms with Crippen LogP contribution in [0.1, 0.15) is 26.7 Å². The molecule has 7 heteroatoms. The molecule has 0 aliphatic carbocycles. The summed E-state index contributed by atoms with van der Waals surface area (Å²) in [4.78, 5) is 11.9. The molecule has 1 heterocycles. The Morgan fingerprint density at radius 3 is 2.78 bits per heavy atom. The highest BCUT2D eigenvalue weighted by molar-refractivity contribution is 7.89. The van der Waals surface area contributed by atoms with Gasteiger partial charge in [0.05, 0.1) is 11.7 Å². The number of amides is 1. The van der Waals surface area contributed by atoms with Gasteiger partial charge in [-0.25, -0.2) is 13.1 Å². The molecular weight excluding hydrogens is 254 g/mol. The van der Waals surface area contributed by atoms with E-state index in [9.17, 15) is 13.2 Å². The minimum atomic E-state index is -3.25. The predicted molar refractivity (Wildman–Crippen MR) is 70.7 cm³/mol. The standard InChI is InChI=1S/C11H23N3O3S/c1-3-14-18(16,17)8-7-13-11(15)10-5-4-6-12-9(10)2/h9-10,12,14H,3-8H2,1-2H3,(H,13,15). The van der Waals surface area contributed by atoms with E-state index in [2.05, 4.69) is 15.4 Å². The van der Waals surface area contributed by atoms with Crippen LogP contribution in [-0.4, -0.2) is 45.8 Å². The highest BCUT2D eigenvalue weighted by atomic mass is 32.2. The molecule has 0 aromatic heterocycles. The van der Waals surface area contributed by atoms with Gasteiger partial charge in [0.1, 0.15) is 0 Å². The highest BCUT2D eigenvalue weighted by Crippen LogP contribution is 2.15. The molecule has 18 heavy (non-hydrogen) atoms. The Morgan fingerprint density at radius 1 is 1.44 bits per heavy atom. The molecule has 1 amide bonds. The van der Waals surface area contributed by atoms with Crippen LogP contribution >= 0.6 is 0 Å². The van der Waals surface area contributed by atoms with Gasteiger partial charge in [-0.3, -0.25) is 4.79 Å². The van der Waals surface area contributed by atoms with Crippen LogP contribution in [0.4, 0.5) is 0 Å². The van der Waals surface area contributed by atoms with Gasteiger partial charge >= 0.3 is 0 Å². The van der Waals surface area contributed by atoms with Crippen molar-refractivity contribution in [2.75, 3.05) is 25.4 Å². The van der Waals surface area contributed by atoms with Crippen LogP contribution in [0.2, 0.25) is 0 Å². The lowest BCUT2D eigenvalue weighted by Gasteiger charge is -2.28. The average molecular weight is 277 g/mol. The third kappa shape index (κ3) is 4.91. The van der Waals surface area contributed by atoms with E-state index in [-0.39, 0.29) is 30.2 Å². The van der Waals surface area contributed by atoms with Gasteiger partial charge in [-0.05, 0) is 26.3 Å². The van der Waals surface area contributed by atoms with Crippen molar-refractivity contribution in [1.82, 2.24) is 15.4 Å². The van der Waals surface area contributed by atoms with Crippen molar-refractivity contribution >= 4 is 15.9 Å². The molecule has 0 radical (unpaired) electrons. The van der Waals surface area contributed by atoms with Crippen molar-refractivity contribution in [2.45, 2.75) is 32.7 Å². The Morgan fingerprint density at radius 2 is 2.17 bits per heavy atom. The third-order valence-electron chi connectivity index (χ3n) is 3.13. The SMILES string of the molecule is CCNS(=O)(=O)CCNC(=O)C1CCCNC1C. The Bertz CT molecular complexity index is 370.